The fraction of sp³-hybridized carbons (Fsp3) is 0.364. The lowest BCUT2D eigenvalue weighted by molar-refractivity contribution is 0.585. The number of hydrogen-bond donors (Lipinski definition) is 1. The molecule has 1 aromatic rings. The molecule has 0 aromatic heterocycles. The van der Waals surface area contributed by atoms with E-state index >= 15 is 0 Å². The molecule has 0 spiro atoms. The molecule has 4 heteroatoms. The third-order valence-corrected chi connectivity index (χ3v) is 2.82. The first kappa shape index (κ1) is 12.5. The van der Waals surface area contributed by atoms with Gasteiger partial charge in [0.05, 0.1) is 5.69 Å². The minimum absolute atomic E-state index is 0.137. The van der Waals surface area contributed by atoms with E-state index in [0.29, 0.717) is 10.9 Å². The molecule has 0 unspecified atom stereocenters. The van der Waals surface area contributed by atoms with E-state index in [-0.39, 0.29) is 5.41 Å². The standard InChI is InChI=1S/C11H14BrClN2/c1-11(2,3)10(14)15-9-6-7(13)4-5-8(9)12/h4-6H,1-3H3,(H2,14,15). The van der Waals surface area contributed by atoms with E-state index < -0.39 is 0 Å². The van der Waals surface area contributed by atoms with Gasteiger partial charge in [-0.15, -0.1) is 0 Å². The summed E-state index contributed by atoms with van der Waals surface area (Å²) < 4.78 is 0.888. The number of nitrogens with zero attached hydrogens (tertiary/aromatic N) is 1. The van der Waals surface area contributed by atoms with Crippen LogP contribution in [0.15, 0.2) is 27.7 Å². The zero-order valence-electron chi connectivity index (χ0n) is 9.01. The smallest absolute Gasteiger partial charge is 0.105 e. The monoisotopic (exact) mass is 288 g/mol. The van der Waals surface area contributed by atoms with Crippen molar-refractivity contribution in [2.45, 2.75) is 20.8 Å². The molecule has 1 aromatic carbocycles. The number of rotatable bonds is 1. The molecule has 0 radical (unpaired) electrons. The normalized spacial score (nSPS) is 13.0. The van der Waals surface area contributed by atoms with Crippen LogP contribution in [0.2, 0.25) is 5.02 Å². The van der Waals surface area contributed by atoms with Crippen LogP contribution in [0.3, 0.4) is 0 Å². The van der Waals surface area contributed by atoms with Gasteiger partial charge >= 0.3 is 0 Å². The van der Waals surface area contributed by atoms with Crippen LogP contribution < -0.4 is 5.73 Å². The molecule has 0 saturated heterocycles. The minimum atomic E-state index is -0.137. The number of hydrogen-bond acceptors (Lipinski definition) is 1. The number of aliphatic imine (C=N–C) groups is 1. The van der Waals surface area contributed by atoms with Crippen molar-refractivity contribution in [3.05, 3.63) is 27.7 Å². The van der Waals surface area contributed by atoms with Gasteiger partial charge in [0.2, 0.25) is 0 Å². The average molecular weight is 290 g/mol. The molecule has 0 atom stereocenters. The zero-order chi connectivity index (χ0) is 11.6. The predicted octanol–water partition coefficient (Wildman–Crippen LogP) is 4.14. The first-order valence-electron chi connectivity index (χ1n) is 4.60. The Morgan fingerprint density at radius 3 is 2.53 bits per heavy atom. The van der Waals surface area contributed by atoms with E-state index in [1.165, 1.54) is 0 Å². The lowest BCUT2D eigenvalue weighted by atomic mass is 9.95. The molecule has 0 fully saturated rings. The van der Waals surface area contributed by atoms with Crippen molar-refractivity contribution in [2.24, 2.45) is 16.1 Å². The number of halogens is 2. The molecule has 0 aliphatic rings. The van der Waals surface area contributed by atoms with Crippen molar-refractivity contribution < 1.29 is 0 Å². The van der Waals surface area contributed by atoms with E-state index in [0.717, 1.165) is 10.2 Å². The Hall–Kier alpha value is -0.540. The van der Waals surface area contributed by atoms with E-state index in [2.05, 4.69) is 20.9 Å². The second kappa shape index (κ2) is 4.54. The van der Waals surface area contributed by atoms with Crippen LogP contribution in [0.5, 0.6) is 0 Å². The largest absolute Gasteiger partial charge is 0.387 e. The van der Waals surface area contributed by atoms with Crippen LogP contribution in [-0.4, -0.2) is 5.84 Å². The van der Waals surface area contributed by atoms with Gasteiger partial charge in [-0.1, -0.05) is 32.4 Å². The topological polar surface area (TPSA) is 38.4 Å². The van der Waals surface area contributed by atoms with Crippen molar-refractivity contribution in [2.75, 3.05) is 0 Å². The average Bonchev–Trinajstić information content (AvgIpc) is 2.09. The summed E-state index contributed by atoms with van der Waals surface area (Å²) in [6.45, 7) is 6.05. The van der Waals surface area contributed by atoms with Crippen molar-refractivity contribution in [1.29, 1.82) is 0 Å². The third kappa shape index (κ3) is 3.50. The molecular weight excluding hydrogens is 275 g/mol. The van der Waals surface area contributed by atoms with Gasteiger partial charge in [0, 0.05) is 14.9 Å². The Morgan fingerprint density at radius 2 is 2.00 bits per heavy atom. The number of nitrogens with two attached hydrogens (primary N) is 1. The molecule has 2 nitrogen and oxygen atoms in total. The molecule has 0 saturated carbocycles. The summed E-state index contributed by atoms with van der Waals surface area (Å²) in [5.74, 6) is 0.588. The quantitative estimate of drug-likeness (QED) is 0.612. The van der Waals surface area contributed by atoms with E-state index in [9.17, 15) is 0 Å². The van der Waals surface area contributed by atoms with Gasteiger partial charge in [0.1, 0.15) is 5.84 Å². The van der Waals surface area contributed by atoms with E-state index in [4.69, 9.17) is 17.3 Å². The summed E-state index contributed by atoms with van der Waals surface area (Å²) in [6.07, 6.45) is 0. The fourth-order valence-corrected chi connectivity index (χ4v) is 1.37. The summed E-state index contributed by atoms with van der Waals surface area (Å²) in [6, 6.07) is 5.44. The van der Waals surface area contributed by atoms with Gasteiger partial charge in [-0.2, -0.15) is 0 Å². The SMILES string of the molecule is CC(C)(C)C(N)=Nc1cc(Cl)ccc1Br. The lowest BCUT2D eigenvalue weighted by Crippen LogP contribution is -2.28. The van der Waals surface area contributed by atoms with Crippen LogP contribution in [-0.2, 0) is 0 Å². The van der Waals surface area contributed by atoms with Gasteiger partial charge in [0.15, 0.2) is 0 Å². The maximum absolute atomic E-state index is 5.89. The Morgan fingerprint density at radius 1 is 1.40 bits per heavy atom. The summed E-state index contributed by atoms with van der Waals surface area (Å²) in [5, 5.41) is 0.652. The Kier molecular flexibility index (Phi) is 3.79. The van der Waals surface area contributed by atoms with Gasteiger partial charge in [-0.25, -0.2) is 4.99 Å². The van der Waals surface area contributed by atoms with Crippen molar-refractivity contribution in [3.8, 4) is 0 Å². The Balaban J connectivity index is 3.13. The van der Waals surface area contributed by atoms with Gasteiger partial charge in [-0.05, 0) is 34.1 Å². The third-order valence-electron chi connectivity index (χ3n) is 1.92. The van der Waals surface area contributed by atoms with Crippen LogP contribution in [0.1, 0.15) is 20.8 Å². The fourth-order valence-electron chi connectivity index (χ4n) is 0.869. The molecule has 0 amide bonds. The maximum atomic E-state index is 5.89. The molecule has 2 N–H and O–H groups in total. The van der Waals surface area contributed by atoms with Crippen molar-refractivity contribution >= 4 is 39.1 Å². The first-order chi connectivity index (χ1) is 6.80. The molecule has 82 valence electrons. The van der Waals surface area contributed by atoms with Crippen molar-refractivity contribution in [1.82, 2.24) is 0 Å². The highest BCUT2D eigenvalue weighted by molar-refractivity contribution is 9.10. The summed E-state index contributed by atoms with van der Waals surface area (Å²) >= 11 is 9.29. The van der Waals surface area contributed by atoms with Gasteiger partial charge in [0.25, 0.3) is 0 Å². The zero-order valence-corrected chi connectivity index (χ0v) is 11.4. The van der Waals surface area contributed by atoms with E-state index in [1.807, 2.05) is 26.8 Å². The molecular formula is C11H14BrClN2. The van der Waals surface area contributed by atoms with Crippen LogP contribution in [0, 0.1) is 5.41 Å². The second-order valence-corrected chi connectivity index (χ2v) is 5.63. The van der Waals surface area contributed by atoms with Crippen LogP contribution in [0.4, 0.5) is 5.69 Å². The Bertz CT molecular complexity index is 394. The molecule has 1 rings (SSSR count). The highest BCUT2D eigenvalue weighted by Gasteiger charge is 2.15. The predicted molar refractivity (Wildman–Crippen MR) is 69.9 cm³/mol. The molecule has 0 aliphatic heterocycles. The lowest BCUT2D eigenvalue weighted by Gasteiger charge is -2.17. The van der Waals surface area contributed by atoms with Crippen molar-refractivity contribution in [3.63, 3.8) is 0 Å². The highest BCUT2D eigenvalue weighted by atomic mass is 79.9. The molecule has 0 aliphatic carbocycles. The number of amidine groups is 1. The summed E-state index contributed by atoms with van der Waals surface area (Å²) in [7, 11) is 0. The second-order valence-electron chi connectivity index (χ2n) is 4.34. The summed E-state index contributed by atoms with van der Waals surface area (Å²) in [4.78, 5) is 4.35. The minimum Gasteiger partial charge on any atom is -0.387 e. The molecule has 0 bridgehead atoms. The van der Waals surface area contributed by atoms with Gasteiger partial charge in [-0.3, -0.25) is 0 Å². The highest BCUT2D eigenvalue weighted by Crippen LogP contribution is 2.29. The first-order valence-corrected chi connectivity index (χ1v) is 5.77. The maximum Gasteiger partial charge on any atom is 0.105 e. The van der Waals surface area contributed by atoms with Crippen LogP contribution >= 0.6 is 27.5 Å². The molecule has 15 heavy (non-hydrogen) atoms. The number of benzene rings is 1. The van der Waals surface area contributed by atoms with Crippen LogP contribution in [0.25, 0.3) is 0 Å². The van der Waals surface area contributed by atoms with E-state index in [1.54, 1.807) is 12.1 Å². The molecule has 0 heterocycles. The Labute approximate surface area is 104 Å². The van der Waals surface area contributed by atoms with Gasteiger partial charge < -0.3 is 5.73 Å². The summed E-state index contributed by atoms with van der Waals surface area (Å²) in [5.41, 5.74) is 6.51.